The summed E-state index contributed by atoms with van der Waals surface area (Å²) >= 11 is 0. The molecule has 0 unspecified atom stereocenters. The molecule has 0 aliphatic heterocycles. The highest BCUT2D eigenvalue weighted by Crippen LogP contribution is 2.20. The number of aliphatic hydroxyl groups is 1. The smallest absolute Gasteiger partial charge is 0.188 e. The molecule has 0 radical (unpaired) electrons. The van der Waals surface area contributed by atoms with E-state index in [1.807, 2.05) is 19.1 Å². The van der Waals surface area contributed by atoms with Gasteiger partial charge in [0.25, 0.3) is 0 Å². The lowest BCUT2D eigenvalue weighted by atomic mass is 10.0. The molecule has 0 aliphatic rings. The largest absolute Gasteiger partial charge is 0.388 e. The summed E-state index contributed by atoms with van der Waals surface area (Å²) in [7, 11) is 0. The van der Waals surface area contributed by atoms with Crippen LogP contribution in [0.5, 0.6) is 0 Å². The molecule has 0 heterocycles. The van der Waals surface area contributed by atoms with Crippen molar-refractivity contribution in [2.75, 3.05) is 6.61 Å². The Morgan fingerprint density at radius 2 is 1.41 bits per heavy atom. The van der Waals surface area contributed by atoms with Gasteiger partial charge in [0.15, 0.2) is 5.78 Å². The minimum absolute atomic E-state index is 0.250. The van der Waals surface area contributed by atoms with Crippen LogP contribution in [0.2, 0.25) is 0 Å². The number of hydrogen-bond donors (Lipinski definition) is 1. The van der Waals surface area contributed by atoms with Gasteiger partial charge in [-0.3, -0.25) is 4.79 Å². The molecule has 0 aromatic heterocycles. The second kappa shape index (κ2) is 4.93. The van der Waals surface area contributed by atoms with Crippen molar-refractivity contribution in [3.05, 3.63) is 59.7 Å². The van der Waals surface area contributed by atoms with Gasteiger partial charge in [0.1, 0.15) is 6.61 Å². The molecular weight excluding hydrogens is 212 g/mol. The molecule has 0 atom stereocenters. The number of aliphatic hydroxyl groups excluding tert-OH is 1. The maximum atomic E-state index is 11.3. The first-order valence-electron chi connectivity index (χ1n) is 5.52. The fourth-order valence-electron chi connectivity index (χ4n) is 1.69. The molecular formula is C15H14O2. The number of rotatable bonds is 3. The molecule has 86 valence electrons. The normalized spacial score (nSPS) is 10.2. The van der Waals surface area contributed by atoms with E-state index in [-0.39, 0.29) is 5.78 Å². The Balaban J connectivity index is 2.29. The van der Waals surface area contributed by atoms with Gasteiger partial charge >= 0.3 is 0 Å². The first kappa shape index (κ1) is 11.6. The number of benzene rings is 2. The molecule has 0 saturated heterocycles. The van der Waals surface area contributed by atoms with Crippen LogP contribution in [0.3, 0.4) is 0 Å². The third kappa shape index (κ3) is 2.60. The molecule has 0 amide bonds. The van der Waals surface area contributed by atoms with Crippen LogP contribution in [0.1, 0.15) is 15.9 Å². The minimum atomic E-state index is -0.441. The lowest BCUT2D eigenvalue weighted by Gasteiger charge is -2.03. The molecule has 2 aromatic carbocycles. The SMILES string of the molecule is Cc1ccc(-c2ccc(C(=O)CO)cc2)cc1. The van der Waals surface area contributed by atoms with Crippen LogP contribution in [0.4, 0.5) is 0 Å². The second-order valence-corrected chi connectivity index (χ2v) is 4.02. The molecule has 0 aliphatic carbocycles. The van der Waals surface area contributed by atoms with E-state index in [0.29, 0.717) is 5.56 Å². The molecule has 0 spiro atoms. The number of carbonyl (C=O) groups is 1. The van der Waals surface area contributed by atoms with Crippen LogP contribution < -0.4 is 0 Å². The fraction of sp³-hybridized carbons (Fsp3) is 0.133. The van der Waals surface area contributed by atoms with E-state index in [1.54, 1.807) is 12.1 Å². The van der Waals surface area contributed by atoms with Crippen LogP contribution in [0.25, 0.3) is 11.1 Å². The molecule has 0 bridgehead atoms. The summed E-state index contributed by atoms with van der Waals surface area (Å²) in [6, 6.07) is 15.5. The molecule has 2 aromatic rings. The van der Waals surface area contributed by atoms with Crippen molar-refractivity contribution < 1.29 is 9.90 Å². The topological polar surface area (TPSA) is 37.3 Å². The fourth-order valence-corrected chi connectivity index (χ4v) is 1.69. The summed E-state index contributed by atoms with van der Waals surface area (Å²) in [4.78, 5) is 11.3. The predicted molar refractivity (Wildman–Crippen MR) is 68.0 cm³/mol. The molecule has 17 heavy (non-hydrogen) atoms. The highest BCUT2D eigenvalue weighted by molar-refractivity contribution is 5.97. The molecule has 0 fully saturated rings. The zero-order valence-corrected chi connectivity index (χ0v) is 9.68. The van der Waals surface area contributed by atoms with Crippen LogP contribution in [0.15, 0.2) is 48.5 Å². The van der Waals surface area contributed by atoms with Crippen molar-refractivity contribution in [1.82, 2.24) is 0 Å². The Bertz CT molecular complexity index is 510. The van der Waals surface area contributed by atoms with Crippen molar-refractivity contribution in [2.45, 2.75) is 6.92 Å². The Labute approximate surface area is 101 Å². The second-order valence-electron chi connectivity index (χ2n) is 4.02. The first-order chi connectivity index (χ1) is 8.20. The maximum Gasteiger partial charge on any atom is 0.188 e. The average Bonchev–Trinajstić information content (AvgIpc) is 2.39. The van der Waals surface area contributed by atoms with Gasteiger partial charge in [0.2, 0.25) is 0 Å². The molecule has 2 heteroatoms. The van der Waals surface area contributed by atoms with Gasteiger partial charge in [-0.25, -0.2) is 0 Å². The highest BCUT2D eigenvalue weighted by Gasteiger charge is 2.04. The van der Waals surface area contributed by atoms with E-state index in [9.17, 15) is 4.79 Å². The van der Waals surface area contributed by atoms with E-state index >= 15 is 0 Å². The molecule has 1 N–H and O–H groups in total. The van der Waals surface area contributed by atoms with Gasteiger partial charge in [0, 0.05) is 5.56 Å². The van der Waals surface area contributed by atoms with E-state index in [0.717, 1.165) is 11.1 Å². The zero-order chi connectivity index (χ0) is 12.3. The summed E-state index contributed by atoms with van der Waals surface area (Å²) in [5.74, 6) is -0.250. The minimum Gasteiger partial charge on any atom is -0.388 e. The van der Waals surface area contributed by atoms with Gasteiger partial charge < -0.3 is 5.11 Å². The van der Waals surface area contributed by atoms with E-state index < -0.39 is 6.61 Å². The first-order valence-corrected chi connectivity index (χ1v) is 5.52. The van der Waals surface area contributed by atoms with Crippen molar-refractivity contribution in [3.8, 4) is 11.1 Å². The van der Waals surface area contributed by atoms with Crippen molar-refractivity contribution >= 4 is 5.78 Å². The van der Waals surface area contributed by atoms with Crippen molar-refractivity contribution in [1.29, 1.82) is 0 Å². The van der Waals surface area contributed by atoms with Gasteiger partial charge in [0.05, 0.1) is 0 Å². The van der Waals surface area contributed by atoms with Crippen LogP contribution in [-0.2, 0) is 0 Å². The Morgan fingerprint density at radius 1 is 0.941 bits per heavy atom. The van der Waals surface area contributed by atoms with Crippen LogP contribution in [0, 0.1) is 6.92 Å². The molecule has 0 saturated carbocycles. The standard InChI is InChI=1S/C15H14O2/c1-11-2-4-12(5-3-11)13-6-8-14(9-7-13)15(17)10-16/h2-9,16H,10H2,1H3. The van der Waals surface area contributed by atoms with E-state index in [2.05, 4.69) is 24.3 Å². The predicted octanol–water partition coefficient (Wildman–Crippen LogP) is 2.84. The quantitative estimate of drug-likeness (QED) is 0.817. The highest BCUT2D eigenvalue weighted by atomic mass is 16.3. The van der Waals surface area contributed by atoms with Gasteiger partial charge in [-0.1, -0.05) is 54.1 Å². The molecule has 2 nitrogen and oxygen atoms in total. The Hall–Kier alpha value is -1.93. The summed E-state index contributed by atoms with van der Waals surface area (Å²) in [5.41, 5.74) is 3.96. The lowest BCUT2D eigenvalue weighted by molar-refractivity contribution is 0.0904. The Kier molecular flexibility index (Phi) is 3.35. The summed E-state index contributed by atoms with van der Waals surface area (Å²) < 4.78 is 0. The number of Topliss-reactive ketones (excluding diaryl/α,β-unsaturated/α-hetero) is 1. The third-order valence-electron chi connectivity index (χ3n) is 2.74. The van der Waals surface area contributed by atoms with Gasteiger partial charge in [-0.2, -0.15) is 0 Å². The zero-order valence-electron chi connectivity index (χ0n) is 9.68. The number of aryl methyl sites for hydroxylation is 1. The monoisotopic (exact) mass is 226 g/mol. The van der Waals surface area contributed by atoms with Crippen LogP contribution >= 0.6 is 0 Å². The van der Waals surface area contributed by atoms with Crippen LogP contribution in [-0.4, -0.2) is 17.5 Å². The van der Waals surface area contributed by atoms with Crippen molar-refractivity contribution in [2.24, 2.45) is 0 Å². The average molecular weight is 226 g/mol. The Morgan fingerprint density at radius 3 is 1.88 bits per heavy atom. The third-order valence-corrected chi connectivity index (χ3v) is 2.74. The van der Waals surface area contributed by atoms with Crippen molar-refractivity contribution in [3.63, 3.8) is 0 Å². The summed E-state index contributed by atoms with van der Waals surface area (Å²) in [6.45, 7) is 1.61. The molecule has 2 rings (SSSR count). The van der Waals surface area contributed by atoms with E-state index in [1.165, 1.54) is 5.56 Å². The van der Waals surface area contributed by atoms with Gasteiger partial charge in [-0.15, -0.1) is 0 Å². The lowest BCUT2D eigenvalue weighted by Crippen LogP contribution is -2.03. The number of ketones is 1. The number of carbonyl (C=O) groups excluding carboxylic acids is 1. The maximum absolute atomic E-state index is 11.3. The summed E-state index contributed by atoms with van der Waals surface area (Å²) in [5, 5.41) is 8.76. The van der Waals surface area contributed by atoms with E-state index in [4.69, 9.17) is 5.11 Å². The number of hydrogen-bond acceptors (Lipinski definition) is 2. The summed E-state index contributed by atoms with van der Waals surface area (Å²) in [6.07, 6.45) is 0. The van der Waals surface area contributed by atoms with Gasteiger partial charge in [-0.05, 0) is 18.1 Å².